The highest BCUT2D eigenvalue weighted by Crippen LogP contribution is 2.23. The molecule has 0 atom stereocenters. The van der Waals surface area contributed by atoms with Crippen molar-refractivity contribution in [3.8, 4) is 0 Å². The number of hydrogen-bond donors (Lipinski definition) is 0. The SMILES string of the molecule is CC(=Nc1ccccc1C)c1cccc(C(C)=Nc2c(F)cccc2F)n1. The Morgan fingerprint density at radius 2 is 1.30 bits per heavy atom. The molecule has 27 heavy (non-hydrogen) atoms. The first kappa shape index (κ1) is 18.6. The van der Waals surface area contributed by atoms with Crippen LogP contribution in [-0.4, -0.2) is 16.4 Å². The lowest BCUT2D eigenvalue weighted by molar-refractivity contribution is 0.587. The van der Waals surface area contributed by atoms with E-state index in [1.165, 1.54) is 18.2 Å². The van der Waals surface area contributed by atoms with Crippen molar-refractivity contribution in [3.63, 3.8) is 0 Å². The molecule has 0 saturated carbocycles. The molecule has 1 aromatic heterocycles. The van der Waals surface area contributed by atoms with Crippen molar-refractivity contribution in [2.75, 3.05) is 0 Å². The molecule has 0 amide bonds. The van der Waals surface area contributed by atoms with Gasteiger partial charge in [0.1, 0.15) is 5.69 Å². The van der Waals surface area contributed by atoms with E-state index in [4.69, 9.17) is 0 Å². The van der Waals surface area contributed by atoms with Crippen LogP contribution in [0.2, 0.25) is 0 Å². The quantitative estimate of drug-likeness (QED) is 0.528. The number of halogens is 2. The molecule has 2 aromatic carbocycles. The van der Waals surface area contributed by atoms with Crippen LogP contribution in [0.5, 0.6) is 0 Å². The number of rotatable bonds is 4. The van der Waals surface area contributed by atoms with Crippen LogP contribution in [0.4, 0.5) is 20.2 Å². The lowest BCUT2D eigenvalue weighted by Crippen LogP contribution is -2.05. The summed E-state index contributed by atoms with van der Waals surface area (Å²) in [6.07, 6.45) is 0. The van der Waals surface area contributed by atoms with Gasteiger partial charge in [-0.25, -0.2) is 18.8 Å². The fraction of sp³-hybridized carbons (Fsp3) is 0.136. The number of nitrogens with zero attached hydrogens (tertiary/aromatic N) is 3. The van der Waals surface area contributed by atoms with Crippen LogP contribution in [0.25, 0.3) is 0 Å². The molecule has 0 N–H and O–H groups in total. The van der Waals surface area contributed by atoms with Crippen molar-refractivity contribution in [3.05, 3.63) is 89.2 Å². The molecule has 0 aliphatic carbocycles. The minimum Gasteiger partial charge on any atom is -0.251 e. The Morgan fingerprint density at radius 3 is 1.93 bits per heavy atom. The van der Waals surface area contributed by atoms with Crippen LogP contribution in [0, 0.1) is 18.6 Å². The summed E-state index contributed by atoms with van der Waals surface area (Å²) in [5.74, 6) is -1.41. The van der Waals surface area contributed by atoms with Gasteiger partial charge in [-0.05, 0) is 56.7 Å². The van der Waals surface area contributed by atoms with Crippen molar-refractivity contribution < 1.29 is 8.78 Å². The summed E-state index contributed by atoms with van der Waals surface area (Å²) in [5.41, 5.74) is 4.02. The average Bonchev–Trinajstić information content (AvgIpc) is 2.66. The van der Waals surface area contributed by atoms with Gasteiger partial charge in [0.25, 0.3) is 0 Å². The maximum absolute atomic E-state index is 13.8. The van der Waals surface area contributed by atoms with Gasteiger partial charge in [-0.15, -0.1) is 0 Å². The van der Waals surface area contributed by atoms with E-state index in [2.05, 4.69) is 15.0 Å². The zero-order chi connectivity index (χ0) is 19.4. The summed E-state index contributed by atoms with van der Waals surface area (Å²) in [6.45, 7) is 5.54. The number of aliphatic imine (C=N–C) groups is 2. The van der Waals surface area contributed by atoms with E-state index in [-0.39, 0.29) is 5.69 Å². The van der Waals surface area contributed by atoms with E-state index in [0.29, 0.717) is 17.1 Å². The van der Waals surface area contributed by atoms with E-state index in [1.54, 1.807) is 13.0 Å². The van der Waals surface area contributed by atoms with E-state index < -0.39 is 11.6 Å². The van der Waals surface area contributed by atoms with Crippen molar-refractivity contribution >= 4 is 22.8 Å². The van der Waals surface area contributed by atoms with Crippen LogP contribution in [0.15, 0.2) is 70.6 Å². The summed E-state index contributed by atoms with van der Waals surface area (Å²) in [6, 6.07) is 16.9. The summed E-state index contributed by atoms with van der Waals surface area (Å²) in [7, 11) is 0. The van der Waals surface area contributed by atoms with Gasteiger partial charge in [0.2, 0.25) is 0 Å². The van der Waals surface area contributed by atoms with Gasteiger partial charge < -0.3 is 0 Å². The molecule has 1 heterocycles. The zero-order valence-corrected chi connectivity index (χ0v) is 15.4. The van der Waals surface area contributed by atoms with Crippen molar-refractivity contribution in [1.82, 2.24) is 4.98 Å². The fourth-order valence-electron chi connectivity index (χ4n) is 2.59. The number of hydrogen-bond acceptors (Lipinski definition) is 3. The molecule has 0 radical (unpaired) electrons. The first-order valence-corrected chi connectivity index (χ1v) is 8.53. The Hall–Kier alpha value is -3.21. The second-order valence-corrected chi connectivity index (χ2v) is 6.16. The highest BCUT2D eigenvalue weighted by molar-refractivity contribution is 6.02. The second kappa shape index (κ2) is 7.99. The molecular weight excluding hydrogens is 344 g/mol. The van der Waals surface area contributed by atoms with Crippen molar-refractivity contribution in [2.24, 2.45) is 9.98 Å². The molecule has 0 unspecified atom stereocenters. The summed E-state index contributed by atoms with van der Waals surface area (Å²) < 4.78 is 27.7. The molecule has 5 heteroatoms. The van der Waals surface area contributed by atoms with Gasteiger partial charge in [0, 0.05) is 0 Å². The van der Waals surface area contributed by atoms with Gasteiger partial charge in [0.05, 0.1) is 28.5 Å². The molecule has 3 rings (SSSR count). The molecule has 0 aliphatic heterocycles. The molecule has 0 saturated heterocycles. The van der Waals surface area contributed by atoms with Gasteiger partial charge in [0.15, 0.2) is 11.6 Å². The van der Waals surface area contributed by atoms with Crippen LogP contribution in [0.1, 0.15) is 30.8 Å². The zero-order valence-electron chi connectivity index (χ0n) is 15.4. The highest BCUT2D eigenvalue weighted by atomic mass is 19.1. The van der Waals surface area contributed by atoms with E-state index in [9.17, 15) is 8.78 Å². The molecular formula is C22H19F2N3. The third-order valence-corrected chi connectivity index (χ3v) is 4.11. The Morgan fingerprint density at radius 1 is 0.741 bits per heavy atom. The van der Waals surface area contributed by atoms with Gasteiger partial charge in [-0.3, -0.25) is 4.99 Å². The van der Waals surface area contributed by atoms with Gasteiger partial charge in [-0.1, -0.05) is 30.3 Å². The predicted molar refractivity (Wildman–Crippen MR) is 106 cm³/mol. The monoisotopic (exact) mass is 363 g/mol. The number of para-hydroxylation sites is 2. The third kappa shape index (κ3) is 4.31. The normalized spacial score (nSPS) is 12.3. The number of aryl methyl sites for hydroxylation is 1. The largest absolute Gasteiger partial charge is 0.251 e. The topological polar surface area (TPSA) is 37.6 Å². The van der Waals surface area contributed by atoms with Crippen molar-refractivity contribution in [2.45, 2.75) is 20.8 Å². The molecule has 0 fully saturated rings. The van der Waals surface area contributed by atoms with E-state index in [1.807, 2.05) is 50.2 Å². The van der Waals surface area contributed by atoms with E-state index >= 15 is 0 Å². The van der Waals surface area contributed by atoms with Gasteiger partial charge >= 0.3 is 0 Å². The maximum Gasteiger partial charge on any atom is 0.151 e. The first-order chi connectivity index (χ1) is 13.0. The van der Waals surface area contributed by atoms with E-state index in [0.717, 1.165) is 17.0 Å². The first-order valence-electron chi connectivity index (χ1n) is 8.53. The number of pyridine rings is 1. The minimum atomic E-state index is -0.706. The van der Waals surface area contributed by atoms with Gasteiger partial charge in [-0.2, -0.15) is 0 Å². The average molecular weight is 363 g/mol. The summed E-state index contributed by atoms with van der Waals surface area (Å²) >= 11 is 0. The van der Waals surface area contributed by atoms with Crippen molar-refractivity contribution in [1.29, 1.82) is 0 Å². The molecule has 0 bridgehead atoms. The smallest absolute Gasteiger partial charge is 0.151 e. The molecule has 136 valence electrons. The lowest BCUT2D eigenvalue weighted by atomic mass is 10.2. The second-order valence-electron chi connectivity index (χ2n) is 6.16. The van der Waals surface area contributed by atoms with Crippen LogP contribution < -0.4 is 0 Å². The summed E-state index contributed by atoms with van der Waals surface area (Å²) in [5, 5.41) is 0. The predicted octanol–water partition coefficient (Wildman–Crippen LogP) is 5.95. The Bertz CT molecular complexity index is 1020. The Labute approximate surface area is 157 Å². The molecule has 3 nitrogen and oxygen atoms in total. The maximum atomic E-state index is 13.8. The minimum absolute atomic E-state index is 0.312. The molecule has 0 aliphatic rings. The van der Waals surface area contributed by atoms with Crippen LogP contribution in [0.3, 0.4) is 0 Å². The van der Waals surface area contributed by atoms with Crippen LogP contribution >= 0.6 is 0 Å². The summed E-state index contributed by atoms with van der Waals surface area (Å²) in [4.78, 5) is 13.3. The number of benzene rings is 2. The molecule has 3 aromatic rings. The lowest BCUT2D eigenvalue weighted by Gasteiger charge is -2.06. The molecule has 0 spiro atoms. The third-order valence-electron chi connectivity index (χ3n) is 4.11. The van der Waals surface area contributed by atoms with Crippen LogP contribution in [-0.2, 0) is 0 Å². The highest BCUT2D eigenvalue weighted by Gasteiger charge is 2.10. The standard InChI is InChI=1S/C22H19F2N3/c1-14-8-4-5-11-19(14)25-15(2)20-12-7-13-21(27-20)16(3)26-22-17(23)9-6-10-18(22)24/h4-13H,1-3H3. The Balaban J connectivity index is 1.96. The fourth-order valence-corrected chi connectivity index (χ4v) is 2.59. The number of aromatic nitrogens is 1. The Kier molecular flexibility index (Phi) is 5.50.